The van der Waals surface area contributed by atoms with E-state index in [1.165, 1.54) is 13.3 Å². The number of nitrogens with zero attached hydrogens (tertiary/aromatic N) is 4. The number of ether oxygens (including phenoxy) is 1. The molecule has 0 spiro atoms. The molecule has 4 rings (SSSR count). The first-order chi connectivity index (χ1) is 13.1. The molecule has 4 heterocycles. The largest absolute Gasteiger partial charge is 0.467 e. The zero-order valence-electron chi connectivity index (χ0n) is 15.4. The Morgan fingerprint density at radius 3 is 2.70 bits per heavy atom. The third kappa shape index (κ3) is 3.23. The number of aromatic nitrogens is 4. The second-order valence-corrected chi connectivity index (χ2v) is 6.88. The van der Waals surface area contributed by atoms with Gasteiger partial charge in [0.05, 0.1) is 18.1 Å². The Hall–Kier alpha value is -3.00. The number of hydrogen-bond acceptors (Lipinski definition) is 7. The lowest BCUT2D eigenvalue weighted by molar-refractivity contribution is 0.102. The Morgan fingerprint density at radius 2 is 1.96 bits per heavy atom. The van der Waals surface area contributed by atoms with Gasteiger partial charge < -0.3 is 20.4 Å². The molecule has 0 saturated carbocycles. The van der Waals surface area contributed by atoms with Crippen molar-refractivity contribution >= 4 is 22.6 Å². The predicted molar refractivity (Wildman–Crippen MR) is 102 cm³/mol. The number of methoxy groups -OCH3 is 1. The standard InChI is InChI=1S/C19H22N6O2/c1-25-9-6-11(7-10-25)15-16-12(23-18(15)20)3-4-13(22-16)17(26)14-5-8-21-19(24-14)27-2/h3-5,8,11,23H,6-7,9-10,20H2,1-2H3. The maximum atomic E-state index is 12.8. The molecule has 8 nitrogen and oxygen atoms in total. The molecule has 1 aliphatic rings. The Morgan fingerprint density at radius 1 is 1.22 bits per heavy atom. The number of fused-ring (bicyclic) bond motifs is 1. The summed E-state index contributed by atoms with van der Waals surface area (Å²) in [6, 6.07) is 5.25. The molecule has 1 aliphatic heterocycles. The zero-order chi connectivity index (χ0) is 19.0. The fourth-order valence-electron chi connectivity index (χ4n) is 3.64. The summed E-state index contributed by atoms with van der Waals surface area (Å²) in [6.45, 7) is 2.05. The minimum absolute atomic E-state index is 0.153. The van der Waals surface area contributed by atoms with E-state index in [0.717, 1.165) is 42.5 Å². The average molecular weight is 366 g/mol. The van der Waals surface area contributed by atoms with Crippen molar-refractivity contribution in [3.05, 3.63) is 41.3 Å². The van der Waals surface area contributed by atoms with E-state index in [1.54, 1.807) is 12.1 Å². The van der Waals surface area contributed by atoms with Crippen molar-refractivity contribution in [3.8, 4) is 6.01 Å². The zero-order valence-corrected chi connectivity index (χ0v) is 15.4. The number of H-pyrrole nitrogens is 1. The van der Waals surface area contributed by atoms with Crippen LogP contribution < -0.4 is 10.5 Å². The number of nitrogen functional groups attached to an aromatic ring is 1. The van der Waals surface area contributed by atoms with Crippen LogP contribution in [0.3, 0.4) is 0 Å². The Bertz CT molecular complexity index is 991. The van der Waals surface area contributed by atoms with Crippen LogP contribution in [-0.4, -0.2) is 57.9 Å². The smallest absolute Gasteiger partial charge is 0.316 e. The molecule has 140 valence electrons. The van der Waals surface area contributed by atoms with Gasteiger partial charge in [0.25, 0.3) is 0 Å². The monoisotopic (exact) mass is 366 g/mol. The number of carbonyl (C=O) groups excluding carboxylic acids is 1. The molecule has 0 aliphatic carbocycles. The van der Waals surface area contributed by atoms with Crippen molar-refractivity contribution in [2.24, 2.45) is 0 Å². The van der Waals surface area contributed by atoms with Crippen LogP contribution in [0.5, 0.6) is 6.01 Å². The highest BCUT2D eigenvalue weighted by atomic mass is 16.5. The minimum atomic E-state index is -0.272. The molecule has 0 aromatic carbocycles. The van der Waals surface area contributed by atoms with E-state index in [0.29, 0.717) is 17.4 Å². The number of rotatable bonds is 4. The van der Waals surface area contributed by atoms with Crippen LogP contribution in [0.2, 0.25) is 0 Å². The number of nitrogens with one attached hydrogen (secondary N) is 1. The Labute approximate surface area is 156 Å². The van der Waals surface area contributed by atoms with Gasteiger partial charge in [-0.15, -0.1) is 0 Å². The Balaban J connectivity index is 1.73. The normalized spacial score (nSPS) is 15.9. The summed E-state index contributed by atoms with van der Waals surface area (Å²) in [5.41, 5.74) is 9.48. The molecule has 1 fully saturated rings. The van der Waals surface area contributed by atoms with Gasteiger partial charge in [-0.2, -0.15) is 4.98 Å². The first-order valence-electron chi connectivity index (χ1n) is 8.95. The molecule has 0 bridgehead atoms. The fraction of sp³-hybridized carbons (Fsp3) is 0.368. The molecule has 0 unspecified atom stereocenters. The third-order valence-electron chi connectivity index (χ3n) is 5.12. The highest BCUT2D eigenvalue weighted by molar-refractivity contribution is 6.07. The number of pyridine rings is 1. The average Bonchev–Trinajstić information content (AvgIpc) is 3.03. The number of anilines is 1. The number of ketones is 1. The fourth-order valence-corrected chi connectivity index (χ4v) is 3.64. The summed E-state index contributed by atoms with van der Waals surface area (Å²) >= 11 is 0. The molecule has 0 radical (unpaired) electrons. The molecule has 8 heteroatoms. The van der Waals surface area contributed by atoms with Gasteiger partial charge in [0.2, 0.25) is 5.78 Å². The van der Waals surface area contributed by atoms with E-state index < -0.39 is 0 Å². The maximum absolute atomic E-state index is 12.8. The van der Waals surface area contributed by atoms with E-state index in [-0.39, 0.29) is 17.5 Å². The lowest BCUT2D eigenvalue weighted by atomic mass is 9.90. The number of hydrogen-bond donors (Lipinski definition) is 2. The first kappa shape index (κ1) is 17.4. The van der Waals surface area contributed by atoms with Crippen LogP contribution in [0.15, 0.2) is 24.4 Å². The van der Waals surface area contributed by atoms with Crippen molar-refractivity contribution in [1.82, 2.24) is 24.8 Å². The number of carbonyl (C=O) groups is 1. The highest BCUT2D eigenvalue weighted by Gasteiger charge is 2.25. The van der Waals surface area contributed by atoms with Gasteiger partial charge in [-0.3, -0.25) is 4.79 Å². The van der Waals surface area contributed by atoms with E-state index in [1.807, 2.05) is 6.07 Å². The molecular weight excluding hydrogens is 344 g/mol. The van der Waals surface area contributed by atoms with Crippen LogP contribution in [0.1, 0.15) is 40.5 Å². The van der Waals surface area contributed by atoms with Gasteiger partial charge in [0.15, 0.2) is 0 Å². The topological polar surface area (TPSA) is 110 Å². The molecule has 0 atom stereocenters. The van der Waals surface area contributed by atoms with E-state index in [4.69, 9.17) is 10.5 Å². The molecule has 0 amide bonds. The number of likely N-dealkylation sites (tertiary alicyclic amines) is 1. The number of nitrogens with two attached hydrogens (primary N) is 1. The first-order valence-corrected chi connectivity index (χ1v) is 8.95. The summed E-state index contributed by atoms with van der Waals surface area (Å²) in [5.74, 6) is 0.707. The second kappa shape index (κ2) is 6.96. The van der Waals surface area contributed by atoms with Gasteiger partial charge in [0.1, 0.15) is 17.2 Å². The van der Waals surface area contributed by atoms with Crippen molar-refractivity contribution in [1.29, 1.82) is 0 Å². The van der Waals surface area contributed by atoms with Crippen LogP contribution >= 0.6 is 0 Å². The summed E-state index contributed by atoms with van der Waals surface area (Å²) in [5, 5.41) is 0. The van der Waals surface area contributed by atoms with Crippen molar-refractivity contribution in [2.75, 3.05) is 33.0 Å². The molecular formula is C19H22N6O2. The van der Waals surface area contributed by atoms with E-state index in [2.05, 4.69) is 31.9 Å². The van der Waals surface area contributed by atoms with Gasteiger partial charge in [-0.05, 0) is 57.1 Å². The number of piperidine rings is 1. The summed E-state index contributed by atoms with van der Waals surface area (Å²) in [6.07, 6.45) is 3.54. The van der Waals surface area contributed by atoms with Crippen LogP contribution in [0, 0.1) is 0 Å². The van der Waals surface area contributed by atoms with Gasteiger partial charge in [-0.25, -0.2) is 9.97 Å². The molecule has 27 heavy (non-hydrogen) atoms. The van der Waals surface area contributed by atoms with E-state index >= 15 is 0 Å². The van der Waals surface area contributed by atoms with Crippen molar-refractivity contribution < 1.29 is 9.53 Å². The third-order valence-corrected chi connectivity index (χ3v) is 5.12. The van der Waals surface area contributed by atoms with Gasteiger partial charge in [-0.1, -0.05) is 0 Å². The van der Waals surface area contributed by atoms with Crippen molar-refractivity contribution in [3.63, 3.8) is 0 Å². The lowest BCUT2D eigenvalue weighted by Gasteiger charge is -2.28. The molecule has 3 N–H and O–H groups in total. The summed E-state index contributed by atoms with van der Waals surface area (Å²) < 4.78 is 5.00. The number of aromatic amines is 1. The molecule has 3 aromatic rings. The summed E-state index contributed by atoms with van der Waals surface area (Å²) in [4.78, 5) is 31.1. The predicted octanol–water partition coefficient (Wildman–Crippen LogP) is 1.98. The van der Waals surface area contributed by atoms with Crippen LogP contribution in [0.4, 0.5) is 5.82 Å². The minimum Gasteiger partial charge on any atom is -0.467 e. The molecule has 3 aromatic heterocycles. The Kier molecular flexibility index (Phi) is 4.49. The van der Waals surface area contributed by atoms with E-state index in [9.17, 15) is 4.79 Å². The quantitative estimate of drug-likeness (QED) is 0.679. The lowest BCUT2D eigenvalue weighted by Crippen LogP contribution is -2.29. The second-order valence-electron chi connectivity index (χ2n) is 6.88. The van der Waals surface area contributed by atoms with Crippen LogP contribution in [-0.2, 0) is 0 Å². The SMILES string of the molecule is COc1nccc(C(=O)c2ccc3[nH]c(N)c(C4CCN(C)CC4)c3n2)n1. The van der Waals surface area contributed by atoms with Gasteiger partial charge >= 0.3 is 6.01 Å². The van der Waals surface area contributed by atoms with Crippen molar-refractivity contribution in [2.45, 2.75) is 18.8 Å². The highest BCUT2D eigenvalue weighted by Crippen LogP contribution is 2.36. The van der Waals surface area contributed by atoms with Gasteiger partial charge in [0, 0.05) is 11.8 Å². The summed E-state index contributed by atoms with van der Waals surface area (Å²) in [7, 11) is 3.59. The van der Waals surface area contributed by atoms with Crippen LogP contribution in [0.25, 0.3) is 11.0 Å². The maximum Gasteiger partial charge on any atom is 0.316 e. The molecule has 1 saturated heterocycles.